The smallest absolute Gasteiger partial charge is 0.242 e. The highest BCUT2D eigenvalue weighted by Crippen LogP contribution is 2.50. The zero-order valence-electron chi connectivity index (χ0n) is 17.9. The molecule has 3 saturated heterocycles. The van der Waals surface area contributed by atoms with Crippen LogP contribution in [0.3, 0.4) is 0 Å². The molecule has 6 rings (SSSR count). The highest BCUT2D eigenvalue weighted by atomic mass is 19.1. The van der Waals surface area contributed by atoms with E-state index >= 15 is 0 Å². The number of benzene rings is 1. The van der Waals surface area contributed by atoms with Crippen molar-refractivity contribution in [3.8, 4) is 6.07 Å². The Balaban J connectivity index is 1.14. The van der Waals surface area contributed by atoms with E-state index in [1.807, 2.05) is 4.90 Å². The molecule has 2 bridgehead atoms. The number of piperazine rings is 1. The summed E-state index contributed by atoms with van der Waals surface area (Å²) in [5.41, 5.74) is 7.31. The number of likely N-dealkylation sites (tertiary alicyclic amines) is 3. The lowest BCUT2D eigenvalue weighted by Crippen LogP contribution is -2.57. The molecule has 1 aromatic rings. The first-order valence-electron chi connectivity index (χ1n) is 11.8. The number of fused-ring (bicyclic) bond motifs is 3. The maximum absolute atomic E-state index is 13.4. The minimum atomic E-state index is -0.720. The molecule has 5 fully saturated rings. The maximum atomic E-state index is 13.4. The number of carbonyl (C=O) groups is 2. The van der Waals surface area contributed by atoms with Crippen LogP contribution in [0, 0.1) is 29.0 Å². The molecule has 2 aliphatic carbocycles. The molecule has 0 radical (unpaired) electrons. The molecule has 2 N–H and O–H groups in total. The number of hydrogen-bond donors (Lipinski definition) is 1. The lowest BCUT2D eigenvalue weighted by atomic mass is 9.99. The molecule has 3 aliphatic heterocycles. The van der Waals surface area contributed by atoms with E-state index in [0.717, 1.165) is 37.7 Å². The number of carbonyl (C=O) groups excluding carboxylic acids is 2. The Morgan fingerprint density at radius 3 is 2.62 bits per heavy atom. The molecule has 8 heteroatoms. The van der Waals surface area contributed by atoms with Gasteiger partial charge in [0.2, 0.25) is 11.8 Å². The van der Waals surface area contributed by atoms with Crippen molar-refractivity contribution >= 4 is 11.8 Å². The van der Waals surface area contributed by atoms with Gasteiger partial charge in [-0.1, -0.05) is 12.1 Å². The molecular weight excluding hydrogens is 409 g/mol. The number of halogens is 1. The summed E-state index contributed by atoms with van der Waals surface area (Å²) >= 11 is 0. The largest absolute Gasteiger partial charge is 0.330 e. The van der Waals surface area contributed by atoms with Crippen LogP contribution in [0.2, 0.25) is 0 Å². The van der Waals surface area contributed by atoms with Crippen molar-refractivity contribution in [3.05, 3.63) is 35.6 Å². The molecule has 2 saturated carbocycles. The SMILES string of the molecule is N#C[C@@H]1CC2C[C@@H]2N1C(=O)[C@@H](N)CN1C[C@H]2C[C@@H]1C(=O)N2[C@@H](c1ccc(F)cc1)C1CC1. The normalized spacial score (nSPS) is 35.0. The second kappa shape index (κ2) is 7.26. The molecule has 5 aliphatic rings. The fraction of sp³-hybridized carbons (Fsp3) is 0.625. The van der Waals surface area contributed by atoms with Gasteiger partial charge in [-0.2, -0.15) is 5.26 Å². The molecule has 2 amide bonds. The van der Waals surface area contributed by atoms with Crippen LogP contribution in [0.5, 0.6) is 0 Å². The monoisotopic (exact) mass is 437 g/mol. The number of rotatable bonds is 6. The zero-order chi connectivity index (χ0) is 22.1. The molecule has 7 atom stereocenters. The van der Waals surface area contributed by atoms with E-state index in [1.165, 1.54) is 12.1 Å². The summed E-state index contributed by atoms with van der Waals surface area (Å²) < 4.78 is 13.4. The van der Waals surface area contributed by atoms with Crippen LogP contribution in [0.1, 0.15) is 43.7 Å². The van der Waals surface area contributed by atoms with Crippen molar-refractivity contribution in [2.75, 3.05) is 13.1 Å². The predicted octanol–water partition coefficient (Wildman–Crippen LogP) is 1.40. The van der Waals surface area contributed by atoms with Gasteiger partial charge in [-0.3, -0.25) is 14.5 Å². The number of hydrogen-bond acceptors (Lipinski definition) is 5. The van der Waals surface area contributed by atoms with E-state index < -0.39 is 6.04 Å². The van der Waals surface area contributed by atoms with Gasteiger partial charge in [0.25, 0.3) is 0 Å². The van der Waals surface area contributed by atoms with Crippen molar-refractivity contribution in [2.24, 2.45) is 17.6 Å². The van der Waals surface area contributed by atoms with E-state index in [-0.39, 0.29) is 47.8 Å². The Bertz CT molecular complexity index is 989. The van der Waals surface area contributed by atoms with Crippen molar-refractivity contribution < 1.29 is 14.0 Å². The van der Waals surface area contributed by atoms with Crippen LogP contribution in [0.15, 0.2) is 24.3 Å². The van der Waals surface area contributed by atoms with Crippen LogP contribution in [0.4, 0.5) is 4.39 Å². The van der Waals surface area contributed by atoms with Gasteiger partial charge in [0, 0.05) is 25.2 Å². The van der Waals surface area contributed by atoms with Crippen LogP contribution in [-0.2, 0) is 9.59 Å². The second-order valence-corrected chi connectivity index (χ2v) is 10.2. The molecule has 1 aromatic carbocycles. The van der Waals surface area contributed by atoms with E-state index in [9.17, 15) is 19.2 Å². The fourth-order valence-corrected chi connectivity index (χ4v) is 6.40. The minimum absolute atomic E-state index is 0.00309. The molecular formula is C24H28FN5O2. The van der Waals surface area contributed by atoms with Crippen LogP contribution < -0.4 is 5.73 Å². The third-order valence-corrected chi connectivity index (χ3v) is 8.15. The maximum Gasteiger partial charge on any atom is 0.242 e. The van der Waals surface area contributed by atoms with Crippen LogP contribution in [-0.4, -0.2) is 69.8 Å². The van der Waals surface area contributed by atoms with E-state index in [4.69, 9.17) is 5.73 Å². The third kappa shape index (κ3) is 3.13. The highest BCUT2D eigenvalue weighted by molar-refractivity contribution is 5.87. The summed E-state index contributed by atoms with van der Waals surface area (Å²) in [6.45, 7) is 1.05. The molecule has 1 unspecified atom stereocenters. The van der Waals surface area contributed by atoms with Crippen LogP contribution in [0.25, 0.3) is 0 Å². The third-order valence-electron chi connectivity index (χ3n) is 8.15. The minimum Gasteiger partial charge on any atom is -0.330 e. The zero-order valence-corrected chi connectivity index (χ0v) is 17.9. The fourth-order valence-electron chi connectivity index (χ4n) is 6.40. The second-order valence-electron chi connectivity index (χ2n) is 10.2. The van der Waals surface area contributed by atoms with Gasteiger partial charge in [-0.25, -0.2) is 4.39 Å². The van der Waals surface area contributed by atoms with Gasteiger partial charge in [0.1, 0.15) is 11.9 Å². The number of nitrogens with two attached hydrogens (primary N) is 1. The van der Waals surface area contributed by atoms with E-state index in [1.54, 1.807) is 17.0 Å². The van der Waals surface area contributed by atoms with Gasteiger partial charge in [0.15, 0.2) is 0 Å². The lowest BCUT2D eigenvalue weighted by molar-refractivity contribution is -0.142. The summed E-state index contributed by atoms with van der Waals surface area (Å²) in [7, 11) is 0. The average Bonchev–Trinajstić information content (AvgIpc) is 3.67. The molecule has 3 heterocycles. The molecule has 0 spiro atoms. The van der Waals surface area contributed by atoms with Gasteiger partial charge in [-0.15, -0.1) is 0 Å². The topological polar surface area (TPSA) is 93.7 Å². The number of nitriles is 1. The van der Waals surface area contributed by atoms with E-state index in [0.29, 0.717) is 24.9 Å². The molecule has 0 aromatic heterocycles. The predicted molar refractivity (Wildman–Crippen MR) is 113 cm³/mol. The standard InChI is InChI=1S/C24H28FN5O2/c25-16-5-3-14(4-6-16)22(13-1-2-13)30-18-9-21(24(30)32)28(11-18)12-19(27)23(31)29-17(10-26)7-15-8-20(15)29/h3-6,13,15,17-22H,1-2,7-9,11-12,27H2/t15?,17-,18+,19-,20-,21+,22+/m0/s1. The first-order valence-corrected chi connectivity index (χ1v) is 11.8. The first kappa shape index (κ1) is 20.1. The van der Waals surface area contributed by atoms with Crippen molar-refractivity contribution in [1.29, 1.82) is 5.26 Å². The van der Waals surface area contributed by atoms with E-state index in [2.05, 4.69) is 11.0 Å². The van der Waals surface area contributed by atoms with Gasteiger partial charge in [0.05, 0.1) is 24.2 Å². The molecule has 32 heavy (non-hydrogen) atoms. The quantitative estimate of drug-likeness (QED) is 0.726. The van der Waals surface area contributed by atoms with Crippen molar-refractivity contribution in [3.63, 3.8) is 0 Å². The first-order chi connectivity index (χ1) is 15.5. The van der Waals surface area contributed by atoms with Crippen molar-refractivity contribution in [1.82, 2.24) is 14.7 Å². The summed E-state index contributed by atoms with van der Waals surface area (Å²) in [5.74, 6) is 0.568. The Morgan fingerprint density at radius 1 is 1.22 bits per heavy atom. The average molecular weight is 438 g/mol. The number of piperidine rings is 1. The van der Waals surface area contributed by atoms with Gasteiger partial charge in [-0.05, 0) is 61.6 Å². The summed E-state index contributed by atoms with van der Waals surface area (Å²) in [5, 5.41) is 9.38. The molecule has 168 valence electrons. The number of amides is 2. The Hall–Kier alpha value is -2.50. The number of nitrogens with zero attached hydrogens (tertiary/aromatic N) is 4. The van der Waals surface area contributed by atoms with Crippen molar-refractivity contribution in [2.45, 2.75) is 68.4 Å². The summed E-state index contributed by atoms with van der Waals surface area (Å²) in [6, 6.07) is 7.73. The van der Waals surface area contributed by atoms with Gasteiger partial charge < -0.3 is 15.5 Å². The Labute approximate surface area is 186 Å². The summed E-state index contributed by atoms with van der Waals surface area (Å²) in [4.78, 5) is 32.2. The Kier molecular flexibility index (Phi) is 4.57. The molecule has 7 nitrogen and oxygen atoms in total. The summed E-state index contributed by atoms with van der Waals surface area (Å²) in [6.07, 6.45) is 4.66. The lowest BCUT2D eigenvalue weighted by Gasteiger charge is -2.40. The van der Waals surface area contributed by atoms with Gasteiger partial charge >= 0.3 is 0 Å². The highest BCUT2D eigenvalue weighted by Gasteiger charge is 2.57. The Morgan fingerprint density at radius 2 is 1.97 bits per heavy atom. The van der Waals surface area contributed by atoms with Crippen LogP contribution >= 0.6 is 0 Å².